The summed E-state index contributed by atoms with van der Waals surface area (Å²) in [5.41, 5.74) is 1.59. The first-order chi connectivity index (χ1) is 24.3. The Morgan fingerprint density at radius 3 is 1.38 bits per heavy atom. The number of hydrogen-bond acceptors (Lipinski definition) is 10. The Labute approximate surface area is 295 Å². The molecule has 6 aromatic rings. The zero-order valence-electron chi connectivity index (χ0n) is 27.1. The lowest BCUT2D eigenvalue weighted by molar-refractivity contribution is -0.177. The van der Waals surface area contributed by atoms with E-state index in [1.807, 2.05) is 60.7 Å². The molecule has 0 spiro atoms. The number of thiophene rings is 2. The molecule has 0 saturated carbocycles. The van der Waals surface area contributed by atoms with Crippen molar-refractivity contribution < 1.29 is 37.3 Å². The molecular weight excluding hydrogens is 683 g/mol. The predicted molar refractivity (Wildman–Crippen MR) is 190 cm³/mol. The van der Waals surface area contributed by atoms with Crippen LogP contribution in [0.4, 0.5) is 8.78 Å². The summed E-state index contributed by atoms with van der Waals surface area (Å²) in [5, 5.41) is 10.4. The molecule has 0 saturated heterocycles. The highest BCUT2D eigenvalue weighted by molar-refractivity contribution is 7.17. The Morgan fingerprint density at radius 2 is 1.00 bits per heavy atom. The standard InChI is InChI=1S/C38H34F2N2O6S2/c1-41-33(21-31(23-9-5-3-6-10-23)45-29-15-13-27(39)25-17-19-49-35(25)29)47-37(43)38(44)48-34(42-2)22-32(24-11-7-4-8-12-24)46-30-16-14-28(40)26-18-20-50-36(26)30/h3-20,31-34,41-42H,21-22H2,1-2H3/t31-,32-,33?,34?/m0/s1. The van der Waals surface area contributed by atoms with Crippen LogP contribution in [-0.2, 0) is 19.1 Å². The first-order valence-corrected chi connectivity index (χ1v) is 17.6. The molecule has 8 nitrogen and oxygen atoms in total. The average Bonchev–Trinajstić information content (AvgIpc) is 3.85. The third-order valence-electron chi connectivity index (χ3n) is 8.10. The van der Waals surface area contributed by atoms with E-state index in [0.29, 0.717) is 31.7 Å². The van der Waals surface area contributed by atoms with Gasteiger partial charge in [0.15, 0.2) is 12.5 Å². The van der Waals surface area contributed by atoms with Gasteiger partial charge >= 0.3 is 11.9 Å². The van der Waals surface area contributed by atoms with E-state index in [2.05, 4.69) is 10.6 Å². The molecule has 0 aliphatic heterocycles. The van der Waals surface area contributed by atoms with Crippen LogP contribution in [0.25, 0.3) is 20.2 Å². The highest BCUT2D eigenvalue weighted by Crippen LogP contribution is 2.38. The van der Waals surface area contributed by atoms with Gasteiger partial charge in [-0.25, -0.2) is 18.4 Å². The number of fused-ring (bicyclic) bond motifs is 2. The van der Waals surface area contributed by atoms with E-state index in [9.17, 15) is 18.4 Å². The molecule has 2 unspecified atom stereocenters. The van der Waals surface area contributed by atoms with Crippen molar-refractivity contribution in [2.24, 2.45) is 0 Å². The van der Waals surface area contributed by atoms with Gasteiger partial charge in [-0.1, -0.05) is 60.7 Å². The minimum atomic E-state index is -1.20. The number of halogens is 2. The molecule has 0 aliphatic carbocycles. The van der Waals surface area contributed by atoms with Gasteiger partial charge in [-0.2, -0.15) is 0 Å². The number of carbonyl (C=O) groups is 2. The SMILES string of the molecule is CNC(C[C@H](Oc1ccc(F)c2ccsc12)c1ccccc1)OC(=O)C(=O)OC(C[C@H](Oc1ccc(F)c2ccsc12)c1ccccc1)NC. The van der Waals surface area contributed by atoms with Gasteiger partial charge in [-0.15, -0.1) is 22.7 Å². The fourth-order valence-electron chi connectivity index (χ4n) is 5.53. The van der Waals surface area contributed by atoms with E-state index in [0.717, 1.165) is 11.1 Å². The molecule has 6 rings (SSSR count). The van der Waals surface area contributed by atoms with Gasteiger partial charge in [0.1, 0.15) is 35.3 Å². The normalized spacial score (nSPS) is 13.8. The van der Waals surface area contributed by atoms with Crippen molar-refractivity contribution in [2.45, 2.75) is 37.5 Å². The number of rotatable bonds is 14. The van der Waals surface area contributed by atoms with Gasteiger partial charge in [-0.05, 0) is 72.4 Å². The molecule has 0 amide bonds. The van der Waals surface area contributed by atoms with E-state index in [4.69, 9.17) is 18.9 Å². The molecule has 2 N–H and O–H groups in total. The van der Waals surface area contributed by atoms with Gasteiger partial charge in [0.05, 0.1) is 9.40 Å². The van der Waals surface area contributed by atoms with Crippen molar-refractivity contribution in [3.8, 4) is 11.5 Å². The molecule has 4 aromatic carbocycles. The summed E-state index contributed by atoms with van der Waals surface area (Å²) < 4.78 is 54.0. The van der Waals surface area contributed by atoms with Crippen LogP contribution in [0.2, 0.25) is 0 Å². The van der Waals surface area contributed by atoms with E-state index in [-0.39, 0.29) is 24.5 Å². The van der Waals surface area contributed by atoms with Crippen LogP contribution in [0, 0.1) is 11.6 Å². The van der Waals surface area contributed by atoms with E-state index in [1.54, 1.807) is 49.1 Å². The molecule has 0 aliphatic rings. The highest BCUT2D eigenvalue weighted by atomic mass is 32.1. The third-order valence-corrected chi connectivity index (χ3v) is 9.96. The molecule has 2 heterocycles. The van der Waals surface area contributed by atoms with Crippen molar-refractivity contribution in [2.75, 3.05) is 14.1 Å². The number of hydrogen-bond donors (Lipinski definition) is 2. The van der Waals surface area contributed by atoms with Crippen LogP contribution in [0.3, 0.4) is 0 Å². The van der Waals surface area contributed by atoms with Crippen molar-refractivity contribution in [3.05, 3.63) is 131 Å². The highest BCUT2D eigenvalue weighted by Gasteiger charge is 2.30. The Kier molecular flexibility index (Phi) is 11.3. The number of carbonyl (C=O) groups excluding carboxylic acids is 2. The van der Waals surface area contributed by atoms with Gasteiger partial charge < -0.3 is 18.9 Å². The van der Waals surface area contributed by atoms with E-state index >= 15 is 0 Å². The first-order valence-electron chi connectivity index (χ1n) is 15.8. The van der Waals surface area contributed by atoms with Crippen LogP contribution in [0.15, 0.2) is 108 Å². The van der Waals surface area contributed by atoms with Gasteiger partial charge in [0.2, 0.25) is 0 Å². The Hall–Kier alpha value is -4.88. The average molecular weight is 717 g/mol. The number of esters is 2. The van der Waals surface area contributed by atoms with Crippen molar-refractivity contribution >= 4 is 54.8 Å². The van der Waals surface area contributed by atoms with E-state index < -0.39 is 36.6 Å². The minimum absolute atomic E-state index is 0.123. The molecule has 258 valence electrons. The molecule has 0 fully saturated rings. The Bertz CT molecular complexity index is 1910. The van der Waals surface area contributed by atoms with Gasteiger partial charge in [0.25, 0.3) is 0 Å². The summed E-state index contributed by atoms with van der Waals surface area (Å²) in [7, 11) is 3.19. The smallest absolute Gasteiger partial charge is 0.419 e. The third kappa shape index (κ3) is 8.11. The van der Waals surface area contributed by atoms with Crippen LogP contribution < -0.4 is 20.1 Å². The van der Waals surface area contributed by atoms with Gasteiger partial charge in [-0.3, -0.25) is 10.6 Å². The Morgan fingerprint density at radius 1 is 0.600 bits per heavy atom. The second kappa shape index (κ2) is 16.2. The molecular formula is C38H34F2N2O6S2. The fraction of sp³-hybridized carbons (Fsp3) is 0.211. The Balaban J connectivity index is 1.14. The summed E-state index contributed by atoms with van der Waals surface area (Å²) in [6.45, 7) is 0. The second-order valence-electron chi connectivity index (χ2n) is 11.3. The zero-order chi connectivity index (χ0) is 35.0. The quantitative estimate of drug-likeness (QED) is 0.0661. The number of ether oxygens (including phenoxy) is 4. The lowest BCUT2D eigenvalue weighted by Gasteiger charge is -2.26. The predicted octanol–water partition coefficient (Wildman–Crippen LogP) is 8.29. The minimum Gasteiger partial charge on any atom is -0.484 e. The lowest BCUT2D eigenvalue weighted by atomic mass is 10.1. The lowest BCUT2D eigenvalue weighted by Crippen LogP contribution is -2.40. The van der Waals surface area contributed by atoms with E-state index in [1.165, 1.54) is 34.8 Å². The summed E-state index contributed by atoms with van der Waals surface area (Å²) in [5.74, 6) is -2.12. The van der Waals surface area contributed by atoms with Crippen molar-refractivity contribution in [1.29, 1.82) is 0 Å². The summed E-state index contributed by atoms with van der Waals surface area (Å²) in [6.07, 6.45) is -2.89. The van der Waals surface area contributed by atoms with Crippen molar-refractivity contribution in [3.63, 3.8) is 0 Å². The summed E-state index contributed by atoms with van der Waals surface area (Å²) >= 11 is 2.72. The summed E-state index contributed by atoms with van der Waals surface area (Å²) in [6, 6.07) is 27.9. The molecule has 2 aromatic heterocycles. The first kappa shape index (κ1) is 35.0. The van der Waals surface area contributed by atoms with Gasteiger partial charge in [0, 0.05) is 23.6 Å². The molecule has 4 atom stereocenters. The van der Waals surface area contributed by atoms with Crippen LogP contribution >= 0.6 is 22.7 Å². The van der Waals surface area contributed by atoms with Crippen molar-refractivity contribution in [1.82, 2.24) is 10.6 Å². The number of nitrogens with one attached hydrogen (secondary N) is 2. The molecule has 0 radical (unpaired) electrons. The molecule has 50 heavy (non-hydrogen) atoms. The van der Waals surface area contributed by atoms with Crippen LogP contribution in [0.5, 0.6) is 11.5 Å². The second-order valence-corrected chi connectivity index (χ2v) is 13.1. The molecule has 12 heteroatoms. The topological polar surface area (TPSA) is 95.1 Å². The monoisotopic (exact) mass is 716 g/mol. The maximum absolute atomic E-state index is 14.4. The van der Waals surface area contributed by atoms with Crippen LogP contribution in [-0.4, -0.2) is 38.5 Å². The fourth-order valence-corrected chi connectivity index (χ4v) is 7.26. The number of benzene rings is 4. The maximum atomic E-state index is 14.4. The zero-order valence-corrected chi connectivity index (χ0v) is 28.8. The largest absolute Gasteiger partial charge is 0.484 e. The maximum Gasteiger partial charge on any atom is 0.419 e. The van der Waals surface area contributed by atoms with Crippen LogP contribution in [0.1, 0.15) is 36.2 Å². The molecule has 0 bridgehead atoms. The summed E-state index contributed by atoms with van der Waals surface area (Å²) in [4.78, 5) is 26.2.